The molecule has 0 unspecified atom stereocenters. The summed E-state index contributed by atoms with van der Waals surface area (Å²) in [7, 11) is -6.48. The third-order valence-corrected chi connectivity index (χ3v) is 15.1. The Labute approximate surface area is 244 Å². The largest absolute Gasteiger partial charge is 0.373 e. The fourth-order valence-electron chi connectivity index (χ4n) is 9.81. The first-order valence-corrected chi connectivity index (χ1v) is 19.5. The van der Waals surface area contributed by atoms with Crippen LogP contribution in [0.1, 0.15) is 92.4 Å². The van der Waals surface area contributed by atoms with Crippen molar-refractivity contribution in [1.82, 2.24) is 8.61 Å². The van der Waals surface area contributed by atoms with Crippen molar-refractivity contribution in [2.75, 3.05) is 38.8 Å². The van der Waals surface area contributed by atoms with Gasteiger partial charge in [-0.15, -0.1) is 0 Å². The van der Waals surface area contributed by atoms with Crippen molar-refractivity contribution in [3.8, 4) is 0 Å². The highest BCUT2D eigenvalue weighted by atomic mass is 32.2. The smallest absolute Gasteiger partial charge is 0.211 e. The van der Waals surface area contributed by atoms with Gasteiger partial charge >= 0.3 is 0 Å². The van der Waals surface area contributed by atoms with E-state index < -0.39 is 20.0 Å². The molecule has 1 spiro atoms. The van der Waals surface area contributed by atoms with Gasteiger partial charge in [-0.25, -0.2) is 21.1 Å². The number of fused-ring (bicyclic) bond motifs is 5. The summed E-state index contributed by atoms with van der Waals surface area (Å²) in [6, 6.07) is -0.106. The summed E-state index contributed by atoms with van der Waals surface area (Å²) >= 11 is 0. The van der Waals surface area contributed by atoms with Gasteiger partial charge in [-0.3, -0.25) is 0 Å². The van der Waals surface area contributed by atoms with E-state index in [0.717, 1.165) is 44.9 Å². The normalized spacial score (nSPS) is 41.9. The topological polar surface area (TPSA) is 84.0 Å². The zero-order valence-electron chi connectivity index (χ0n) is 26.0. The second-order valence-electron chi connectivity index (χ2n) is 14.7. The molecule has 0 N–H and O–H groups in total. The third-order valence-electron chi connectivity index (χ3n) is 12.6. The quantitative estimate of drug-likeness (QED) is 0.388. The molecule has 0 aromatic carbocycles. The Morgan fingerprint density at radius 2 is 1.80 bits per heavy atom. The highest BCUT2D eigenvalue weighted by Crippen LogP contribution is 2.64. The molecule has 230 valence electrons. The van der Waals surface area contributed by atoms with E-state index in [2.05, 4.69) is 34.6 Å². The lowest BCUT2D eigenvalue weighted by Crippen LogP contribution is -2.48. The molecular weight excluding hydrogens is 544 g/mol. The zero-order chi connectivity index (χ0) is 29.3. The van der Waals surface area contributed by atoms with Gasteiger partial charge in [0.05, 0.1) is 30.8 Å². The van der Waals surface area contributed by atoms with Crippen molar-refractivity contribution in [1.29, 1.82) is 0 Å². The average Bonchev–Trinajstić information content (AvgIpc) is 3.27. The average molecular weight is 599 g/mol. The Balaban J connectivity index is 1.38. The molecule has 9 heteroatoms. The molecule has 7 nitrogen and oxygen atoms in total. The number of ether oxygens (including phenoxy) is 1. The van der Waals surface area contributed by atoms with Gasteiger partial charge in [-0.2, -0.15) is 4.31 Å². The maximum absolute atomic E-state index is 12.9. The van der Waals surface area contributed by atoms with Crippen LogP contribution in [0.3, 0.4) is 0 Å². The molecule has 0 aromatic heterocycles. The Morgan fingerprint density at radius 3 is 2.45 bits per heavy atom. The second kappa shape index (κ2) is 10.9. The molecule has 2 saturated carbocycles. The molecule has 40 heavy (non-hydrogen) atoms. The van der Waals surface area contributed by atoms with Gasteiger partial charge < -0.3 is 4.74 Å². The monoisotopic (exact) mass is 598 g/mol. The summed E-state index contributed by atoms with van der Waals surface area (Å²) in [5.41, 5.74) is 3.02. The van der Waals surface area contributed by atoms with E-state index in [0.29, 0.717) is 55.8 Å². The zero-order valence-corrected chi connectivity index (χ0v) is 27.6. The Morgan fingerprint density at radius 1 is 1.07 bits per heavy atom. The maximum Gasteiger partial charge on any atom is 0.211 e. The predicted octanol–water partition coefficient (Wildman–Crippen LogP) is 5.29. The van der Waals surface area contributed by atoms with Crippen LogP contribution in [0.25, 0.3) is 0 Å². The molecule has 2 heterocycles. The van der Waals surface area contributed by atoms with Gasteiger partial charge in [0, 0.05) is 25.6 Å². The van der Waals surface area contributed by atoms with Gasteiger partial charge in [0.25, 0.3) is 0 Å². The van der Waals surface area contributed by atoms with Gasteiger partial charge in [0.1, 0.15) is 0 Å². The first-order valence-electron chi connectivity index (χ1n) is 15.8. The molecule has 4 fully saturated rings. The minimum atomic E-state index is -3.33. The number of hydrogen-bond acceptors (Lipinski definition) is 5. The summed E-state index contributed by atoms with van der Waals surface area (Å²) in [6.45, 7) is 13.7. The molecule has 9 atom stereocenters. The number of allylic oxidation sites excluding steroid dienone is 1. The van der Waals surface area contributed by atoms with E-state index in [9.17, 15) is 16.8 Å². The minimum Gasteiger partial charge on any atom is -0.373 e. The van der Waals surface area contributed by atoms with E-state index in [1.165, 1.54) is 30.9 Å². The molecule has 5 aliphatic rings. The Bertz CT molecular complexity index is 1220. The standard InChI is InChI=1S/C31H54N2O5S2/c1-8-21(2)19-33(40(7,36)37)29-20-38-31(23(29)4)13-11-25-26-10-9-24-12-15-32(39(6,34)35)16-14-30(24,5)28(26)17-27(25)22(3)18-31/h21,23-26,28-29H,8-20H2,1-7H3/t21-,23+,24+,25-,26-,28-,29+,30-,31-/m0/s1. The Kier molecular flexibility index (Phi) is 8.44. The minimum absolute atomic E-state index is 0.106. The fourth-order valence-corrected chi connectivity index (χ4v) is 11.9. The van der Waals surface area contributed by atoms with Crippen LogP contribution >= 0.6 is 0 Å². The van der Waals surface area contributed by atoms with Crippen molar-refractivity contribution in [2.45, 2.75) is 104 Å². The van der Waals surface area contributed by atoms with Crippen LogP contribution in [-0.4, -0.2) is 75.8 Å². The molecule has 2 aliphatic heterocycles. The van der Waals surface area contributed by atoms with Gasteiger partial charge in [0.2, 0.25) is 20.0 Å². The van der Waals surface area contributed by atoms with Crippen LogP contribution in [0.2, 0.25) is 0 Å². The highest BCUT2D eigenvalue weighted by Gasteiger charge is 2.58. The van der Waals surface area contributed by atoms with Crippen LogP contribution in [0.4, 0.5) is 0 Å². The molecular formula is C31H54N2O5S2. The lowest BCUT2D eigenvalue weighted by Gasteiger charge is -2.49. The number of nitrogens with zero attached hydrogens (tertiary/aromatic N) is 2. The lowest BCUT2D eigenvalue weighted by atomic mass is 9.55. The van der Waals surface area contributed by atoms with Crippen LogP contribution in [0, 0.1) is 40.9 Å². The van der Waals surface area contributed by atoms with Crippen LogP contribution in [0.5, 0.6) is 0 Å². The summed E-state index contributed by atoms with van der Waals surface area (Å²) in [4.78, 5) is 0. The second-order valence-corrected chi connectivity index (χ2v) is 18.6. The van der Waals surface area contributed by atoms with E-state index in [-0.39, 0.29) is 23.0 Å². The molecule has 0 bridgehead atoms. The van der Waals surface area contributed by atoms with E-state index in [4.69, 9.17) is 4.74 Å². The summed E-state index contributed by atoms with van der Waals surface area (Å²) in [6.07, 6.45) is 12.2. The fraction of sp³-hybridized carbons (Fsp3) is 0.935. The molecule has 5 rings (SSSR count). The molecule has 3 aliphatic carbocycles. The summed E-state index contributed by atoms with van der Waals surface area (Å²) < 4.78 is 60.7. The molecule has 0 radical (unpaired) electrons. The summed E-state index contributed by atoms with van der Waals surface area (Å²) in [5.74, 6) is 2.93. The molecule has 0 amide bonds. The van der Waals surface area contributed by atoms with Gasteiger partial charge in [0.15, 0.2) is 0 Å². The van der Waals surface area contributed by atoms with Crippen LogP contribution in [-0.2, 0) is 24.8 Å². The number of rotatable bonds is 6. The van der Waals surface area contributed by atoms with Gasteiger partial charge in [-0.05, 0) is 93.3 Å². The lowest BCUT2D eigenvalue weighted by molar-refractivity contribution is -0.0332. The number of hydrogen-bond donors (Lipinski definition) is 0. The van der Waals surface area contributed by atoms with E-state index in [1.807, 2.05) is 0 Å². The predicted molar refractivity (Wildman–Crippen MR) is 161 cm³/mol. The van der Waals surface area contributed by atoms with E-state index >= 15 is 0 Å². The Hall–Kier alpha value is -0.480. The van der Waals surface area contributed by atoms with Crippen molar-refractivity contribution in [3.05, 3.63) is 11.1 Å². The molecule has 2 saturated heterocycles. The first-order chi connectivity index (χ1) is 18.6. The van der Waals surface area contributed by atoms with E-state index in [1.54, 1.807) is 14.2 Å². The van der Waals surface area contributed by atoms with Crippen LogP contribution < -0.4 is 0 Å². The van der Waals surface area contributed by atoms with Crippen molar-refractivity contribution in [2.24, 2.45) is 40.9 Å². The van der Waals surface area contributed by atoms with Crippen molar-refractivity contribution < 1.29 is 21.6 Å². The highest BCUT2D eigenvalue weighted by molar-refractivity contribution is 7.88. The van der Waals surface area contributed by atoms with Crippen molar-refractivity contribution >= 4 is 20.0 Å². The summed E-state index contributed by atoms with van der Waals surface area (Å²) in [5, 5.41) is 0. The van der Waals surface area contributed by atoms with Crippen LogP contribution in [0.15, 0.2) is 11.1 Å². The van der Waals surface area contributed by atoms with Crippen molar-refractivity contribution in [3.63, 3.8) is 0 Å². The first kappa shape index (κ1) is 31.0. The SMILES string of the molecule is CC[C@H](C)CN([C@@H]1CO[C@]2(CC[C@@H]3C(=C(C)C2)C[C@H]2[C@H]3CC[C@@H]3CCN(S(C)(=O)=O)CC[C@@]32C)[C@@H]1C)S(C)(=O)=O. The molecule has 0 aromatic rings. The number of sulfonamides is 2. The maximum atomic E-state index is 12.9. The van der Waals surface area contributed by atoms with Gasteiger partial charge in [-0.1, -0.05) is 45.3 Å². The third kappa shape index (κ3) is 5.37.